The van der Waals surface area contributed by atoms with Gasteiger partial charge in [-0.25, -0.2) is 14.6 Å². The third kappa shape index (κ3) is 3.49. The van der Waals surface area contributed by atoms with Gasteiger partial charge < -0.3 is 26.7 Å². The van der Waals surface area contributed by atoms with Crippen molar-refractivity contribution in [2.45, 2.75) is 6.54 Å². The van der Waals surface area contributed by atoms with E-state index in [-0.39, 0.29) is 39.9 Å². The highest BCUT2D eigenvalue weighted by Crippen LogP contribution is 2.34. The number of nitrogens with two attached hydrogens (primary N) is 3. The molecule has 2 rings (SSSR count). The first kappa shape index (κ1) is 18.5. The molecule has 0 atom stereocenters. The second-order valence-corrected chi connectivity index (χ2v) is 5.43. The van der Waals surface area contributed by atoms with Gasteiger partial charge in [0, 0.05) is 12.1 Å². The van der Waals surface area contributed by atoms with Crippen LogP contribution in [0.25, 0.3) is 11.3 Å². The fourth-order valence-corrected chi connectivity index (χ4v) is 2.41. The summed E-state index contributed by atoms with van der Waals surface area (Å²) < 4.78 is 9.38. The Morgan fingerprint density at radius 3 is 2.32 bits per heavy atom. The molecule has 0 amide bonds. The van der Waals surface area contributed by atoms with E-state index >= 15 is 0 Å². The fraction of sp³-hybridized carbons (Fsp3) is 0.188. The number of ether oxygens (including phenoxy) is 2. The largest absolute Gasteiger partial charge is 0.465 e. The maximum Gasteiger partial charge on any atom is 0.358 e. The summed E-state index contributed by atoms with van der Waals surface area (Å²) >= 11 is 6.02. The van der Waals surface area contributed by atoms with Crippen LogP contribution in [-0.4, -0.2) is 31.1 Å². The third-order valence-corrected chi connectivity index (χ3v) is 3.92. The normalized spacial score (nSPS) is 10.4. The van der Waals surface area contributed by atoms with Crippen LogP contribution >= 0.6 is 11.6 Å². The number of nitrogen functional groups attached to an aromatic ring is 2. The minimum atomic E-state index is -0.750. The number of carbonyl (C=O) groups excluding carboxylic acids is 2. The van der Waals surface area contributed by atoms with E-state index in [1.807, 2.05) is 0 Å². The zero-order chi connectivity index (χ0) is 18.7. The van der Waals surface area contributed by atoms with Gasteiger partial charge in [0.25, 0.3) is 0 Å². The molecular weight excluding hydrogens is 348 g/mol. The van der Waals surface area contributed by atoms with Crippen molar-refractivity contribution in [3.8, 4) is 11.3 Å². The van der Waals surface area contributed by atoms with Crippen LogP contribution in [-0.2, 0) is 16.0 Å². The van der Waals surface area contributed by atoms with Gasteiger partial charge in [-0.3, -0.25) is 0 Å². The van der Waals surface area contributed by atoms with E-state index in [0.29, 0.717) is 11.1 Å². The lowest BCUT2D eigenvalue weighted by atomic mass is 9.99. The number of pyridine rings is 1. The SMILES string of the molecule is COC(=O)c1cc(CN)cc(-c2cc(N)c(Cl)c(C(=O)OC)n2)c1N. The highest BCUT2D eigenvalue weighted by atomic mass is 35.5. The molecule has 0 fully saturated rings. The number of aromatic nitrogens is 1. The van der Waals surface area contributed by atoms with Crippen molar-refractivity contribution < 1.29 is 19.1 Å². The molecule has 0 saturated carbocycles. The maximum atomic E-state index is 11.9. The van der Waals surface area contributed by atoms with Crippen molar-refractivity contribution in [2.24, 2.45) is 5.73 Å². The van der Waals surface area contributed by atoms with Crippen LogP contribution in [0.4, 0.5) is 11.4 Å². The molecule has 0 aliphatic rings. The quantitative estimate of drug-likeness (QED) is 0.548. The number of rotatable bonds is 4. The summed E-state index contributed by atoms with van der Waals surface area (Å²) in [6.07, 6.45) is 0. The van der Waals surface area contributed by atoms with Gasteiger partial charge >= 0.3 is 11.9 Å². The van der Waals surface area contributed by atoms with Crippen molar-refractivity contribution in [3.63, 3.8) is 0 Å². The highest BCUT2D eigenvalue weighted by Gasteiger charge is 2.21. The van der Waals surface area contributed by atoms with Crippen LogP contribution in [0, 0.1) is 0 Å². The monoisotopic (exact) mass is 364 g/mol. The Morgan fingerprint density at radius 2 is 1.76 bits per heavy atom. The Bertz CT molecular complexity index is 855. The minimum absolute atomic E-state index is 0.0302. The average molecular weight is 365 g/mol. The standard InChI is InChI=1S/C16H17ClN4O4/c1-24-15(22)9-4-7(6-18)3-8(13(9)20)11-5-10(19)12(17)14(21-11)16(23)25-2/h3-5H,6,18,20H2,1-2H3,(H2,19,21). The average Bonchev–Trinajstić information content (AvgIpc) is 2.62. The first-order valence-corrected chi connectivity index (χ1v) is 7.47. The van der Waals surface area contributed by atoms with Gasteiger partial charge in [-0.2, -0.15) is 0 Å². The van der Waals surface area contributed by atoms with Gasteiger partial charge in [-0.15, -0.1) is 0 Å². The first-order valence-electron chi connectivity index (χ1n) is 7.09. The van der Waals surface area contributed by atoms with Gasteiger partial charge in [-0.1, -0.05) is 11.6 Å². The molecule has 25 heavy (non-hydrogen) atoms. The van der Waals surface area contributed by atoms with E-state index in [9.17, 15) is 9.59 Å². The molecule has 1 aromatic carbocycles. The molecule has 0 unspecified atom stereocenters. The Hall–Kier alpha value is -2.84. The number of benzene rings is 1. The summed E-state index contributed by atoms with van der Waals surface area (Å²) in [6, 6.07) is 4.63. The number of anilines is 2. The third-order valence-electron chi connectivity index (χ3n) is 3.52. The van der Waals surface area contributed by atoms with Gasteiger partial charge in [0.1, 0.15) is 0 Å². The summed E-state index contributed by atoms with van der Waals surface area (Å²) in [5.41, 5.74) is 19.1. The molecule has 2 aromatic rings. The highest BCUT2D eigenvalue weighted by molar-refractivity contribution is 6.35. The van der Waals surface area contributed by atoms with Gasteiger partial charge in [0.05, 0.1) is 41.9 Å². The topological polar surface area (TPSA) is 144 Å². The van der Waals surface area contributed by atoms with Gasteiger partial charge in [0.15, 0.2) is 5.69 Å². The number of hydrogen-bond donors (Lipinski definition) is 3. The second-order valence-electron chi connectivity index (χ2n) is 5.05. The summed E-state index contributed by atoms with van der Waals surface area (Å²) in [4.78, 5) is 28.0. The minimum Gasteiger partial charge on any atom is -0.465 e. The molecule has 132 valence electrons. The van der Waals surface area contributed by atoms with Crippen LogP contribution in [0.3, 0.4) is 0 Å². The Kier molecular flexibility index (Phi) is 5.45. The lowest BCUT2D eigenvalue weighted by Gasteiger charge is -2.14. The van der Waals surface area contributed by atoms with Crippen molar-refractivity contribution in [1.82, 2.24) is 4.98 Å². The van der Waals surface area contributed by atoms with Gasteiger partial charge in [-0.05, 0) is 23.8 Å². The molecule has 9 heteroatoms. The smallest absolute Gasteiger partial charge is 0.358 e. The fourth-order valence-electron chi connectivity index (χ4n) is 2.24. The molecule has 0 spiro atoms. The predicted octanol–water partition coefficient (Wildman–Crippen LogP) is 1.60. The van der Waals surface area contributed by atoms with Crippen LogP contribution in [0.2, 0.25) is 5.02 Å². The number of halogens is 1. The molecule has 0 radical (unpaired) electrons. The van der Waals surface area contributed by atoms with E-state index in [4.69, 9.17) is 33.5 Å². The molecule has 8 nitrogen and oxygen atoms in total. The van der Waals surface area contributed by atoms with Gasteiger partial charge in [0.2, 0.25) is 0 Å². The van der Waals surface area contributed by atoms with Crippen LogP contribution in [0.5, 0.6) is 0 Å². The van der Waals surface area contributed by atoms with Crippen LogP contribution in [0.15, 0.2) is 18.2 Å². The summed E-state index contributed by atoms with van der Waals surface area (Å²) in [5, 5.41) is -0.0302. The van der Waals surface area contributed by atoms with Crippen molar-refractivity contribution in [2.75, 3.05) is 25.7 Å². The molecular formula is C16H17ClN4O4. The molecule has 1 aromatic heterocycles. The zero-order valence-corrected chi connectivity index (χ0v) is 14.4. The number of methoxy groups -OCH3 is 2. The van der Waals surface area contributed by atoms with Crippen LogP contribution in [0.1, 0.15) is 26.4 Å². The molecule has 1 heterocycles. The Balaban J connectivity index is 2.75. The number of carbonyl (C=O) groups is 2. The maximum absolute atomic E-state index is 11.9. The van der Waals surface area contributed by atoms with Crippen molar-refractivity contribution >= 4 is 34.9 Å². The van der Waals surface area contributed by atoms with Crippen LogP contribution < -0.4 is 17.2 Å². The molecule has 6 N–H and O–H groups in total. The summed E-state index contributed by atoms with van der Waals surface area (Å²) in [5.74, 6) is -1.37. The lowest BCUT2D eigenvalue weighted by molar-refractivity contribution is 0.0588. The van der Waals surface area contributed by atoms with E-state index < -0.39 is 11.9 Å². The zero-order valence-electron chi connectivity index (χ0n) is 13.6. The Labute approximate surface area is 148 Å². The Morgan fingerprint density at radius 1 is 1.12 bits per heavy atom. The lowest BCUT2D eigenvalue weighted by Crippen LogP contribution is -2.11. The van der Waals surface area contributed by atoms with E-state index in [1.54, 1.807) is 6.07 Å². The number of nitrogens with zero attached hydrogens (tertiary/aromatic N) is 1. The van der Waals surface area contributed by atoms with E-state index in [0.717, 1.165) is 0 Å². The second kappa shape index (κ2) is 7.37. The number of hydrogen-bond acceptors (Lipinski definition) is 8. The van der Waals surface area contributed by atoms with Crippen molar-refractivity contribution in [1.29, 1.82) is 0 Å². The first-order chi connectivity index (χ1) is 11.8. The molecule has 0 aliphatic carbocycles. The van der Waals surface area contributed by atoms with Crippen molar-refractivity contribution in [3.05, 3.63) is 40.0 Å². The van der Waals surface area contributed by atoms with E-state index in [2.05, 4.69) is 9.72 Å². The predicted molar refractivity (Wildman–Crippen MR) is 94.1 cm³/mol. The number of esters is 2. The summed E-state index contributed by atoms with van der Waals surface area (Å²) in [6.45, 7) is 0.157. The summed E-state index contributed by atoms with van der Waals surface area (Å²) in [7, 11) is 2.44. The molecule has 0 saturated heterocycles. The molecule has 0 aliphatic heterocycles. The molecule has 0 bridgehead atoms. The van der Waals surface area contributed by atoms with E-state index in [1.165, 1.54) is 26.4 Å².